The van der Waals surface area contributed by atoms with Gasteiger partial charge in [-0.3, -0.25) is 4.79 Å². The summed E-state index contributed by atoms with van der Waals surface area (Å²) in [6, 6.07) is 4.60. The van der Waals surface area contributed by atoms with Crippen LogP contribution < -0.4 is 10.6 Å². The molecule has 0 aromatic heterocycles. The summed E-state index contributed by atoms with van der Waals surface area (Å²) in [5.74, 6) is -1.07. The van der Waals surface area contributed by atoms with Gasteiger partial charge in [0.1, 0.15) is 0 Å². The fourth-order valence-corrected chi connectivity index (χ4v) is 2.40. The number of halogens is 1. The number of carbonyl (C=O) groups is 2. The lowest BCUT2D eigenvalue weighted by Crippen LogP contribution is -2.39. The van der Waals surface area contributed by atoms with Crippen LogP contribution in [0.3, 0.4) is 0 Å². The molecule has 0 radical (unpaired) electrons. The van der Waals surface area contributed by atoms with Crippen molar-refractivity contribution in [3.63, 3.8) is 0 Å². The molecule has 1 fully saturated rings. The molecule has 114 valence electrons. The van der Waals surface area contributed by atoms with Crippen LogP contribution in [-0.2, 0) is 14.3 Å². The minimum absolute atomic E-state index is 0.0427. The molecule has 2 atom stereocenters. The monoisotopic (exact) mass is 312 g/mol. The van der Waals surface area contributed by atoms with E-state index in [4.69, 9.17) is 21.1 Å². The molecule has 6 nitrogen and oxygen atoms in total. The van der Waals surface area contributed by atoms with E-state index in [-0.39, 0.29) is 23.4 Å². The summed E-state index contributed by atoms with van der Waals surface area (Å²) in [5, 5.41) is 6.17. The molecule has 1 aromatic rings. The van der Waals surface area contributed by atoms with Crippen LogP contribution in [0.1, 0.15) is 10.4 Å². The Morgan fingerprint density at radius 3 is 2.81 bits per heavy atom. The molecule has 1 aromatic carbocycles. The number of methoxy groups -OCH3 is 1. The number of ether oxygens (including phenoxy) is 2. The van der Waals surface area contributed by atoms with Crippen molar-refractivity contribution in [3.05, 3.63) is 28.8 Å². The predicted octanol–water partition coefficient (Wildman–Crippen LogP) is 1.30. The number of amides is 1. The van der Waals surface area contributed by atoms with E-state index in [1.165, 1.54) is 13.2 Å². The maximum absolute atomic E-state index is 12.3. The Bertz CT molecular complexity index is 550. The average Bonchev–Trinajstić information content (AvgIpc) is 2.96. The lowest BCUT2D eigenvalue weighted by Gasteiger charge is -2.17. The summed E-state index contributed by atoms with van der Waals surface area (Å²) in [5.41, 5.74) is 0.594. The van der Waals surface area contributed by atoms with Crippen LogP contribution in [0.15, 0.2) is 18.2 Å². The zero-order chi connectivity index (χ0) is 15.4. The lowest BCUT2D eigenvalue weighted by atomic mass is 10.0. The fourth-order valence-electron chi connectivity index (χ4n) is 2.23. The summed E-state index contributed by atoms with van der Waals surface area (Å²) in [7, 11) is 3.05. The van der Waals surface area contributed by atoms with Crippen molar-refractivity contribution >= 4 is 29.2 Å². The zero-order valence-corrected chi connectivity index (χ0v) is 12.6. The molecule has 2 unspecified atom stereocenters. The summed E-state index contributed by atoms with van der Waals surface area (Å²) in [6.07, 6.45) is 0. The second kappa shape index (κ2) is 6.89. The second-order valence-corrected chi connectivity index (χ2v) is 5.15. The van der Waals surface area contributed by atoms with Crippen LogP contribution in [0.4, 0.5) is 5.69 Å². The van der Waals surface area contributed by atoms with Crippen LogP contribution in [0.5, 0.6) is 0 Å². The zero-order valence-electron chi connectivity index (χ0n) is 11.8. The average molecular weight is 313 g/mol. The highest BCUT2D eigenvalue weighted by molar-refractivity contribution is 6.31. The lowest BCUT2D eigenvalue weighted by molar-refractivity contribution is -0.120. The molecule has 0 bridgehead atoms. The van der Waals surface area contributed by atoms with E-state index < -0.39 is 5.97 Å². The first-order valence-corrected chi connectivity index (χ1v) is 6.88. The van der Waals surface area contributed by atoms with E-state index >= 15 is 0 Å². The Morgan fingerprint density at radius 2 is 2.14 bits per heavy atom. The highest BCUT2D eigenvalue weighted by Gasteiger charge is 2.33. The first kappa shape index (κ1) is 15.8. The van der Waals surface area contributed by atoms with Crippen molar-refractivity contribution in [2.45, 2.75) is 6.04 Å². The Kier molecular flexibility index (Phi) is 5.17. The van der Waals surface area contributed by atoms with Crippen LogP contribution in [-0.4, -0.2) is 45.3 Å². The van der Waals surface area contributed by atoms with Crippen molar-refractivity contribution in [1.82, 2.24) is 5.32 Å². The van der Waals surface area contributed by atoms with Crippen molar-refractivity contribution in [2.24, 2.45) is 5.92 Å². The molecule has 0 saturated carbocycles. The molecule has 1 saturated heterocycles. The first-order valence-electron chi connectivity index (χ1n) is 6.50. The van der Waals surface area contributed by atoms with Gasteiger partial charge in [0.05, 0.1) is 37.5 Å². The van der Waals surface area contributed by atoms with Gasteiger partial charge in [-0.25, -0.2) is 4.79 Å². The molecule has 2 N–H and O–H groups in total. The van der Waals surface area contributed by atoms with E-state index in [9.17, 15) is 9.59 Å². The van der Waals surface area contributed by atoms with Gasteiger partial charge in [0, 0.05) is 11.1 Å². The SMILES string of the molecule is CNC1COCC1C(=O)Nc1ccc(Cl)cc1C(=O)OC. The standard InChI is InChI=1S/C14H17ClN2O4/c1-16-12-7-21-6-10(12)13(18)17-11-4-3-8(15)5-9(11)14(19)20-2/h3-5,10,12,16H,6-7H2,1-2H3,(H,17,18). The number of hydrogen-bond donors (Lipinski definition) is 2. The van der Waals surface area contributed by atoms with E-state index in [1.807, 2.05) is 0 Å². The topological polar surface area (TPSA) is 76.7 Å². The van der Waals surface area contributed by atoms with Gasteiger partial charge in [0.15, 0.2) is 0 Å². The number of likely N-dealkylation sites (N-methyl/N-ethyl adjacent to an activating group) is 1. The molecular weight excluding hydrogens is 296 g/mol. The number of esters is 1. The second-order valence-electron chi connectivity index (χ2n) is 4.71. The molecule has 2 rings (SSSR count). The Balaban J connectivity index is 2.19. The molecule has 1 heterocycles. The largest absolute Gasteiger partial charge is 0.465 e. The number of nitrogens with one attached hydrogen (secondary N) is 2. The van der Waals surface area contributed by atoms with Crippen molar-refractivity contribution in [3.8, 4) is 0 Å². The number of carbonyl (C=O) groups excluding carboxylic acids is 2. The van der Waals surface area contributed by atoms with Gasteiger partial charge in [-0.1, -0.05) is 11.6 Å². The molecule has 0 aliphatic carbocycles. The first-order chi connectivity index (χ1) is 10.1. The summed E-state index contributed by atoms with van der Waals surface area (Å²) in [4.78, 5) is 24.1. The fraction of sp³-hybridized carbons (Fsp3) is 0.429. The molecule has 1 amide bonds. The van der Waals surface area contributed by atoms with E-state index in [0.717, 1.165) is 0 Å². The summed E-state index contributed by atoms with van der Waals surface area (Å²) < 4.78 is 10.00. The van der Waals surface area contributed by atoms with E-state index in [0.29, 0.717) is 23.9 Å². The molecule has 1 aliphatic rings. The van der Waals surface area contributed by atoms with Crippen molar-refractivity contribution < 1.29 is 19.1 Å². The third-order valence-electron chi connectivity index (χ3n) is 3.43. The summed E-state index contributed by atoms with van der Waals surface area (Å²) in [6.45, 7) is 0.831. The van der Waals surface area contributed by atoms with Gasteiger partial charge in [0.2, 0.25) is 5.91 Å². The third kappa shape index (κ3) is 3.53. The van der Waals surface area contributed by atoms with E-state index in [1.54, 1.807) is 19.2 Å². The molecule has 0 spiro atoms. The number of benzene rings is 1. The third-order valence-corrected chi connectivity index (χ3v) is 3.67. The maximum Gasteiger partial charge on any atom is 0.340 e. The maximum atomic E-state index is 12.3. The highest BCUT2D eigenvalue weighted by atomic mass is 35.5. The van der Waals surface area contributed by atoms with Crippen LogP contribution in [0.25, 0.3) is 0 Å². The number of anilines is 1. The Morgan fingerprint density at radius 1 is 1.38 bits per heavy atom. The summed E-state index contributed by atoms with van der Waals surface area (Å²) >= 11 is 5.88. The van der Waals surface area contributed by atoms with Gasteiger partial charge >= 0.3 is 5.97 Å². The Hall–Kier alpha value is -1.63. The minimum atomic E-state index is -0.555. The van der Waals surface area contributed by atoms with Gasteiger partial charge in [-0.05, 0) is 25.2 Å². The molecule has 1 aliphatic heterocycles. The van der Waals surface area contributed by atoms with Crippen LogP contribution in [0.2, 0.25) is 5.02 Å². The molecule has 21 heavy (non-hydrogen) atoms. The van der Waals surface area contributed by atoms with Crippen LogP contribution >= 0.6 is 11.6 Å². The van der Waals surface area contributed by atoms with Crippen LogP contribution in [0, 0.1) is 5.92 Å². The van der Waals surface area contributed by atoms with Gasteiger partial charge in [0.25, 0.3) is 0 Å². The predicted molar refractivity (Wildman–Crippen MR) is 78.6 cm³/mol. The number of rotatable bonds is 4. The van der Waals surface area contributed by atoms with Gasteiger partial charge in [-0.2, -0.15) is 0 Å². The quantitative estimate of drug-likeness (QED) is 0.820. The Labute approximate surface area is 127 Å². The minimum Gasteiger partial charge on any atom is -0.465 e. The smallest absolute Gasteiger partial charge is 0.340 e. The molecule has 7 heteroatoms. The highest BCUT2D eigenvalue weighted by Crippen LogP contribution is 2.23. The van der Waals surface area contributed by atoms with Gasteiger partial charge in [-0.15, -0.1) is 0 Å². The number of hydrogen-bond acceptors (Lipinski definition) is 5. The normalized spacial score (nSPS) is 21.1. The van der Waals surface area contributed by atoms with Crippen molar-refractivity contribution in [1.29, 1.82) is 0 Å². The van der Waals surface area contributed by atoms with Crippen molar-refractivity contribution in [2.75, 3.05) is 32.7 Å². The van der Waals surface area contributed by atoms with Gasteiger partial charge < -0.3 is 20.1 Å². The van der Waals surface area contributed by atoms with E-state index in [2.05, 4.69) is 10.6 Å². The molecular formula is C14H17ClN2O4.